The number of carbonyl (C=O) groups is 2. The Bertz CT molecular complexity index is 552. The van der Waals surface area contributed by atoms with Crippen molar-refractivity contribution in [2.75, 3.05) is 24.5 Å². The predicted molar refractivity (Wildman–Crippen MR) is 85.1 cm³/mol. The summed E-state index contributed by atoms with van der Waals surface area (Å²) in [7, 11) is 0. The number of ether oxygens (including phenoxy) is 1. The van der Waals surface area contributed by atoms with E-state index >= 15 is 0 Å². The summed E-state index contributed by atoms with van der Waals surface area (Å²) in [6.45, 7) is 6.79. The van der Waals surface area contributed by atoms with E-state index in [4.69, 9.17) is 4.74 Å². The molecular weight excluding hydrogens is 282 g/mol. The number of amides is 3. The molecule has 0 radical (unpaired) electrons. The van der Waals surface area contributed by atoms with Gasteiger partial charge < -0.3 is 15.4 Å². The number of rotatable bonds is 3. The van der Waals surface area contributed by atoms with Crippen molar-refractivity contribution in [1.29, 1.82) is 0 Å². The van der Waals surface area contributed by atoms with E-state index in [1.165, 1.54) is 5.56 Å². The Balaban J connectivity index is 1.72. The van der Waals surface area contributed by atoms with E-state index in [9.17, 15) is 9.59 Å². The quantitative estimate of drug-likeness (QED) is 0.842. The van der Waals surface area contributed by atoms with Crippen molar-refractivity contribution in [3.8, 4) is 0 Å². The molecule has 22 heavy (non-hydrogen) atoms. The topological polar surface area (TPSA) is 70.7 Å². The molecule has 1 aliphatic rings. The van der Waals surface area contributed by atoms with Gasteiger partial charge in [0.2, 0.25) is 0 Å². The van der Waals surface area contributed by atoms with Crippen molar-refractivity contribution >= 4 is 17.8 Å². The third-order valence-corrected chi connectivity index (χ3v) is 3.20. The van der Waals surface area contributed by atoms with Crippen LogP contribution in [0, 0.1) is 0 Å². The van der Waals surface area contributed by atoms with E-state index in [1.54, 1.807) is 25.7 Å². The molecule has 6 nitrogen and oxygen atoms in total. The zero-order valence-corrected chi connectivity index (χ0v) is 13.3. The lowest BCUT2D eigenvalue weighted by atomic mass is 10.2. The van der Waals surface area contributed by atoms with Crippen LogP contribution in [0.4, 0.5) is 15.3 Å². The number of urea groups is 1. The van der Waals surface area contributed by atoms with Gasteiger partial charge in [-0.2, -0.15) is 0 Å². The van der Waals surface area contributed by atoms with E-state index < -0.39 is 11.7 Å². The van der Waals surface area contributed by atoms with Crippen molar-refractivity contribution in [1.82, 2.24) is 10.6 Å². The van der Waals surface area contributed by atoms with Gasteiger partial charge in [-0.25, -0.2) is 9.59 Å². The Labute approximate surface area is 130 Å². The first-order valence-electron chi connectivity index (χ1n) is 7.47. The van der Waals surface area contributed by atoms with Crippen LogP contribution in [0.2, 0.25) is 0 Å². The van der Waals surface area contributed by atoms with E-state index in [0.29, 0.717) is 19.6 Å². The Morgan fingerprint density at radius 2 is 1.86 bits per heavy atom. The Kier molecular flexibility index (Phi) is 4.90. The highest BCUT2D eigenvalue weighted by Gasteiger charge is 2.23. The maximum Gasteiger partial charge on any atom is 0.407 e. The summed E-state index contributed by atoms with van der Waals surface area (Å²) in [6.07, 6.45) is 0.396. The number of nitrogens with zero attached hydrogens (tertiary/aromatic N) is 1. The molecule has 2 rings (SSSR count). The molecule has 0 saturated carbocycles. The Hall–Kier alpha value is -2.24. The van der Waals surface area contributed by atoms with Crippen LogP contribution in [0.5, 0.6) is 0 Å². The van der Waals surface area contributed by atoms with E-state index in [2.05, 4.69) is 10.6 Å². The third-order valence-electron chi connectivity index (χ3n) is 3.20. The Morgan fingerprint density at radius 1 is 1.18 bits per heavy atom. The van der Waals surface area contributed by atoms with Crippen LogP contribution < -0.4 is 15.5 Å². The van der Waals surface area contributed by atoms with Crippen molar-refractivity contribution in [2.45, 2.75) is 32.8 Å². The largest absolute Gasteiger partial charge is 0.444 e. The maximum atomic E-state index is 12.2. The highest BCUT2D eigenvalue weighted by atomic mass is 16.6. The molecule has 0 bridgehead atoms. The summed E-state index contributed by atoms with van der Waals surface area (Å²) in [5.74, 6) is 0. The molecule has 3 amide bonds. The van der Waals surface area contributed by atoms with Gasteiger partial charge >= 0.3 is 12.1 Å². The number of hydrogen-bond acceptors (Lipinski definition) is 3. The monoisotopic (exact) mass is 305 g/mol. The lowest BCUT2D eigenvalue weighted by Crippen LogP contribution is -2.43. The standard InChI is InChI=1S/C16H23N3O3/c1-16(2,3)22-15(21)18-10-9-17-14(20)19-11-8-12-6-4-5-7-13(12)19/h4-7H,8-11H2,1-3H3,(H,17,20)(H,18,21). The molecule has 1 aromatic carbocycles. The summed E-state index contributed by atoms with van der Waals surface area (Å²) in [6, 6.07) is 7.74. The molecule has 0 fully saturated rings. The molecule has 6 heteroatoms. The van der Waals surface area contributed by atoms with Gasteiger partial charge in [-0.3, -0.25) is 4.90 Å². The number of nitrogens with one attached hydrogen (secondary N) is 2. The summed E-state index contributed by atoms with van der Waals surface area (Å²) in [5.41, 5.74) is 1.62. The van der Waals surface area contributed by atoms with Gasteiger partial charge in [0.25, 0.3) is 0 Å². The fraction of sp³-hybridized carbons (Fsp3) is 0.500. The van der Waals surface area contributed by atoms with Crippen molar-refractivity contribution in [3.05, 3.63) is 29.8 Å². The minimum Gasteiger partial charge on any atom is -0.444 e. The van der Waals surface area contributed by atoms with Crippen molar-refractivity contribution in [2.24, 2.45) is 0 Å². The molecule has 0 atom stereocenters. The molecule has 0 aliphatic carbocycles. The highest BCUT2D eigenvalue weighted by Crippen LogP contribution is 2.27. The second kappa shape index (κ2) is 6.68. The SMILES string of the molecule is CC(C)(C)OC(=O)NCCNC(=O)N1CCc2ccccc21. The number of fused-ring (bicyclic) bond motifs is 1. The van der Waals surface area contributed by atoms with Crippen LogP contribution in [0.25, 0.3) is 0 Å². The normalized spacial score (nSPS) is 13.5. The number of alkyl carbamates (subject to hydrolysis) is 1. The summed E-state index contributed by atoms with van der Waals surface area (Å²) < 4.78 is 5.12. The van der Waals surface area contributed by atoms with Gasteiger partial charge in [-0.1, -0.05) is 18.2 Å². The lowest BCUT2D eigenvalue weighted by molar-refractivity contribution is 0.0528. The van der Waals surface area contributed by atoms with Gasteiger partial charge in [-0.15, -0.1) is 0 Å². The number of para-hydroxylation sites is 1. The molecule has 1 aliphatic heterocycles. The maximum absolute atomic E-state index is 12.2. The number of benzene rings is 1. The second-order valence-corrected chi connectivity index (χ2v) is 6.19. The highest BCUT2D eigenvalue weighted by molar-refractivity contribution is 5.94. The first kappa shape index (κ1) is 16.1. The predicted octanol–water partition coefficient (Wildman–Crippen LogP) is 2.28. The molecule has 1 heterocycles. The second-order valence-electron chi connectivity index (χ2n) is 6.19. The average molecular weight is 305 g/mol. The molecule has 0 unspecified atom stereocenters. The zero-order chi connectivity index (χ0) is 16.2. The van der Waals surface area contributed by atoms with Gasteiger partial charge in [0.05, 0.1) is 0 Å². The van der Waals surface area contributed by atoms with Gasteiger partial charge in [0.1, 0.15) is 5.60 Å². The van der Waals surface area contributed by atoms with Crippen LogP contribution in [0.15, 0.2) is 24.3 Å². The van der Waals surface area contributed by atoms with Crippen molar-refractivity contribution < 1.29 is 14.3 Å². The molecule has 120 valence electrons. The van der Waals surface area contributed by atoms with Crippen LogP contribution in [-0.2, 0) is 11.2 Å². The molecule has 0 aromatic heterocycles. The fourth-order valence-electron chi connectivity index (χ4n) is 2.29. The minimum absolute atomic E-state index is 0.143. The van der Waals surface area contributed by atoms with Crippen LogP contribution in [-0.4, -0.2) is 37.4 Å². The molecule has 1 aromatic rings. The van der Waals surface area contributed by atoms with Crippen LogP contribution in [0.1, 0.15) is 26.3 Å². The van der Waals surface area contributed by atoms with E-state index in [1.807, 2.05) is 24.3 Å². The summed E-state index contributed by atoms with van der Waals surface area (Å²) in [4.78, 5) is 25.3. The molecule has 2 N–H and O–H groups in total. The summed E-state index contributed by atoms with van der Waals surface area (Å²) >= 11 is 0. The fourth-order valence-corrected chi connectivity index (χ4v) is 2.29. The van der Waals surface area contributed by atoms with Crippen LogP contribution >= 0.6 is 0 Å². The molecular formula is C16H23N3O3. The van der Waals surface area contributed by atoms with Gasteiger partial charge in [0, 0.05) is 25.3 Å². The lowest BCUT2D eigenvalue weighted by Gasteiger charge is -2.20. The van der Waals surface area contributed by atoms with E-state index in [-0.39, 0.29) is 6.03 Å². The smallest absolute Gasteiger partial charge is 0.407 e. The first-order chi connectivity index (χ1) is 10.4. The first-order valence-corrected chi connectivity index (χ1v) is 7.47. The van der Waals surface area contributed by atoms with Crippen molar-refractivity contribution in [3.63, 3.8) is 0 Å². The summed E-state index contributed by atoms with van der Waals surface area (Å²) in [5, 5.41) is 5.41. The molecule has 0 saturated heterocycles. The minimum atomic E-state index is -0.521. The van der Waals surface area contributed by atoms with Gasteiger partial charge in [-0.05, 0) is 38.8 Å². The third kappa shape index (κ3) is 4.38. The average Bonchev–Trinajstić information content (AvgIpc) is 2.85. The van der Waals surface area contributed by atoms with E-state index in [0.717, 1.165) is 12.1 Å². The number of hydrogen-bond donors (Lipinski definition) is 2. The van der Waals surface area contributed by atoms with Gasteiger partial charge in [0.15, 0.2) is 0 Å². The number of carbonyl (C=O) groups excluding carboxylic acids is 2. The zero-order valence-electron chi connectivity index (χ0n) is 13.3. The number of anilines is 1. The Morgan fingerprint density at radius 3 is 2.59 bits per heavy atom. The van der Waals surface area contributed by atoms with Crippen LogP contribution in [0.3, 0.4) is 0 Å². The molecule has 0 spiro atoms.